The van der Waals surface area contributed by atoms with Crippen molar-refractivity contribution in [1.82, 2.24) is 10.6 Å². The van der Waals surface area contributed by atoms with Gasteiger partial charge in [-0.2, -0.15) is 0 Å². The molecule has 3 amide bonds. The SMILES string of the molecule is Cc1coc2c(C)c3oc(=O)c(CC(=O)N[C@@H](CCCNC(N)=O)C(=O)[O-])c(C)c3cc12. The molecule has 1 atom stereocenters. The first kappa shape index (κ1) is 22.9. The van der Waals surface area contributed by atoms with Gasteiger partial charge in [-0.1, -0.05) is 0 Å². The Bertz CT molecular complexity index is 1270. The molecule has 32 heavy (non-hydrogen) atoms. The molecule has 3 aromatic rings. The quantitative estimate of drug-likeness (QED) is 0.341. The summed E-state index contributed by atoms with van der Waals surface area (Å²) in [4.78, 5) is 47.2. The van der Waals surface area contributed by atoms with Gasteiger partial charge in [0.2, 0.25) is 5.91 Å². The highest BCUT2D eigenvalue weighted by molar-refractivity contribution is 6.00. The number of amides is 3. The van der Waals surface area contributed by atoms with Crippen LogP contribution in [-0.4, -0.2) is 30.5 Å². The fraction of sp³-hybridized carbons (Fsp3) is 0.364. The molecule has 0 bridgehead atoms. The number of furan rings is 1. The predicted molar refractivity (Wildman–Crippen MR) is 114 cm³/mol. The number of hydrogen-bond donors (Lipinski definition) is 3. The standard InChI is InChI=1S/C22H25N3O7/c1-10-9-31-18-12(3)19-14(7-13(10)18)11(2)15(21(29)32-19)8-17(26)25-16(20(27)28)5-4-6-24-22(23)30/h7,9,16H,4-6,8H2,1-3H3,(H,25,26)(H,27,28)(H3,23,24,30)/p-1/t16-/m0/s1. The van der Waals surface area contributed by atoms with E-state index >= 15 is 0 Å². The van der Waals surface area contributed by atoms with Crippen LogP contribution in [0.2, 0.25) is 0 Å². The highest BCUT2D eigenvalue weighted by Gasteiger charge is 2.20. The van der Waals surface area contributed by atoms with Gasteiger partial charge in [0.1, 0.15) is 11.2 Å². The van der Waals surface area contributed by atoms with Crippen LogP contribution in [0, 0.1) is 20.8 Å². The van der Waals surface area contributed by atoms with Crippen molar-refractivity contribution in [2.45, 2.75) is 46.1 Å². The van der Waals surface area contributed by atoms with Crippen LogP contribution in [0.15, 0.2) is 26.0 Å². The zero-order chi connectivity index (χ0) is 23.6. The van der Waals surface area contributed by atoms with Crippen molar-refractivity contribution in [3.8, 4) is 0 Å². The second kappa shape index (κ2) is 9.13. The van der Waals surface area contributed by atoms with Gasteiger partial charge in [0.05, 0.1) is 30.3 Å². The molecule has 1 aromatic carbocycles. The molecule has 170 valence electrons. The monoisotopic (exact) mass is 442 g/mol. The third kappa shape index (κ3) is 4.58. The molecule has 0 spiro atoms. The van der Waals surface area contributed by atoms with Gasteiger partial charge in [-0.15, -0.1) is 0 Å². The van der Waals surface area contributed by atoms with E-state index in [0.717, 1.165) is 10.9 Å². The fourth-order valence-electron chi connectivity index (χ4n) is 3.70. The first-order chi connectivity index (χ1) is 15.1. The Kier molecular flexibility index (Phi) is 6.52. The van der Waals surface area contributed by atoms with E-state index in [0.29, 0.717) is 27.7 Å². The van der Waals surface area contributed by atoms with E-state index in [9.17, 15) is 24.3 Å². The molecule has 4 N–H and O–H groups in total. The molecule has 2 heterocycles. The number of fused-ring (bicyclic) bond motifs is 2. The second-order valence-electron chi connectivity index (χ2n) is 7.72. The maximum Gasteiger partial charge on any atom is 0.340 e. The minimum atomic E-state index is -1.46. The van der Waals surface area contributed by atoms with E-state index in [2.05, 4.69) is 10.6 Å². The molecule has 0 aliphatic carbocycles. The number of urea groups is 1. The van der Waals surface area contributed by atoms with Gasteiger partial charge in [0.25, 0.3) is 0 Å². The lowest BCUT2D eigenvalue weighted by atomic mass is 9.99. The zero-order valence-corrected chi connectivity index (χ0v) is 18.0. The molecule has 10 heteroatoms. The van der Waals surface area contributed by atoms with Crippen LogP contribution in [0.5, 0.6) is 0 Å². The number of carboxylic acids is 1. The number of carbonyl (C=O) groups excluding carboxylic acids is 3. The van der Waals surface area contributed by atoms with Crippen molar-refractivity contribution in [1.29, 1.82) is 0 Å². The predicted octanol–water partition coefficient (Wildman–Crippen LogP) is 0.690. The number of carbonyl (C=O) groups is 3. The molecule has 0 saturated heterocycles. The molecule has 2 aromatic heterocycles. The zero-order valence-electron chi connectivity index (χ0n) is 18.0. The first-order valence-electron chi connectivity index (χ1n) is 10.1. The molecule has 10 nitrogen and oxygen atoms in total. The number of hydrogen-bond acceptors (Lipinski definition) is 7. The lowest BCUT2D eigenvalue weighted by Gasteiger charge is -2.20. The number of primary amides is 1. The van der Waals surface area contributed by atoms with Crippen LogP contribution in [0.3, 0.4) is 0 Å². The summed E-state index contributed by atoms with van der Waals surface area (Å²) in [6.45, 7) is 5.57. The molecular weight excluding hydrogens is 418 g/mol. The number of benzene rings is 1. The van der Waals surface area contributed by atoms with Crippen molar-refractivity contribution >= 4 is 39.8 Å². The van der Waals surface area contributed by atoms with Crippen LogP contribution in [0.1, 0.15) is 35.1 Å². The van der Waals surface area contributed by atoms with Gasteiger partial charge in [-0.05, 0) is 50.8 Å². The highest BCUT2D eigenvalue weighted by atomic mass is 16.4. The third-order valence-corrected chi connectivity index (χ3v) is 5.46. The van der Waals surface area contributed by atoms with Gasteiger partial charge >= 0.3 is 11.7 Å². The summed E-state index contributed by atoms with van der Waals surface area (Å²) in [5, 5.41) is 17.6. The third-order valence-electron chi connectivity index (χ3n) is 5.46. The number of rotatable bonds is 8. The van der Waals surface area contributed by atoms with Crippen molar-refractivity contribution in [2.75, 3.05) is 6.54 Å². The van der Waals surface area contributed by atoms with Gasteiger partial charge in [0, 0.05) is 22.9 Å². The summed E-state index contributed by atoms with van der Waals surface area (Å²) in [7, 11) is 0. The van der Waals surface area contributed by atoms with E-state index in [4.69, 9.17) is 14.6 Å². The Hall–Kier alpha value is -3.82. The summed E-state index contributed by atoms with van der Waals surface area (Å²) >= 11 is 0. The maximum atomic E-state index is 12.6. The van der Waals surface area contributed by atoms with Gasteiger partial charge in [0.15, 0.2) is 0 Å². The van der Waals surface area contributed by atoms with Crippen LogP contribution >= 0.6 is 0 Å². The van der Waals surface area contributed by atoms with Crippen molar-refractivity contribution < 1.29 is 28.3 Å². The van der Waals surface area contributed by atoms with Gasteiger partial charge < -0.3 is 35.1 Å². The molecule has 0 fully saturated rings. The number of aliphatic carboxylic acids is 1. The van der Waals surface area contributed by atoms with Gasteiger partial charge in [-0.3, -0.25) is 4.79 Å². The molecule has 0 saturated carbocycles. The summed E-state index contributed by atoms with van der Waals surface area (Å²) in [6, 6.07) is -0.151. The Morgan fingerprint density at radius 2 is 1.84 bits per heavy atom. The molecule has 0 radical (unpaired) electrons. The molecule has 0 unspecified atom stereocenters. The summed E-state index contributed by atoms with van der Waals surface area (Å²) < 4.78 is 11.1. The topological polar surface area (TPSA) is 168 Å². The van der Waals surface area contributed by atoms with E-state index in [1.54, 1.807) is 20.1 Å². The first-order valence-corrected chi connectivity index (χ1v) is 10.1. The van der Waals surface area contributed by atoms with Crippen LogP contribution in [0.25, 0.3) is 21.9 Å². The van der Waals surface area contributed by atoms with Crippen LogP contribution in [-0.2, 0) is 16.0 Å². The number of nitrogens with two attached hydrogens (primary N) is 1. The van der Waals surface area contributed by atoms with E-state index < -0.39 is 29.6 Å². The largest absolute Gasteiger partial charge is 0.548 e. The van der Waals surface area contributed by atoms with E-state index in [1.165, 1.54) is 0 Å². The Labute approximate surface area is 182 Å². The van der Waals surface area contributed by atoms with Crippen molar-refractivity contribution in [3.05, 3.63) is 45.0 Å². The Morgan fingerprint density at radius 3 is 2.50 bits per heavy atom. The minimum Gasteiger partial charge on any atom is -0.548 e. The lowest BCUT2D eigenvalue weighted by molar-refractivity contribution is -0.308. The summed E-state index contributed by atoms with van der Waals surface area (Å²) in [5.41, 5.74) is 7.62. The Morgan fingerprint density at radius 1 is 1.12 bits per heavy atom. The smallest absolute Gasteiger partial charge is 0.340 e. The van der Waals surface area contributed by atoms with Gasteiger partial charge in [-0.25, -0.2) is 9.59 Å². The summed E-state index contributed by atoms with van der Waals surface area (Å²) in [5.74, 6) is -2.12. The molecule has 0 aliphatic rings. The number of nitrogens with one attached hydrogen (secondary N) is 2. The highest BCUT2D eigenvalue weighted by Crippen LogP contribution is 2.32. The van der Waals surface area contributed by atoms with Crippen molar-refractivity contribution in [2.24, 2.45) is 5.73 Å². The molecule has 3 rings (SSSR count). The minimum absolute atomic E-state index is 0.0244. The second-order valence-corrected chi connectivity index (χ2v) is 7.72. The van der Waals surface area contributed by atoms with E-state index in [-0.39, 0.29) is 31.4 Å². The normalized spacial score (nSPS) is 12.1. The maximum absolute atomic E-state index is 12.6. The van der Waals surface area contributed by atoms with Crippen LogP contribution < -0.4 is 27.1 Å². The van der Waals surface area contributed by atoms with Crippen molar-refractivity contribution in [3.63, 3.8) is 0 Å². The Balaban J connectivity index is 1.84. The fourth-order valence-corrected chi connectivity index (χ4v) is 3.70. The average molecular weight is 442 g/mol. The average Bonchev–Trinajstić information content (AvgIpc) is 3.09. The van der Waals surface area contributed by atoms with E-state index in [1.807, 2.05) is 13.0 Å². The molecular formula is C22H24N3O7-. The molecule has 0 aliphatic heterocycles. The number of carboxylic acid groups (broad SMARTS) is 1. The van der Waals surface area contributed by atoms with Crippen LogP contribution in [0.4, 0.5) is 4.79 Å². The lowest BCUT2D eigenvalue weighted by Crippen LogP contribution is -2.48. The number of aryl methyl sites for hydroxylation is 3. The summed E-state index contributed by atoms with van der Waals surface area (Å²) in [6.07, 6.45) is 1.56.